The van der Waals surface area contributed by atoms with Crippen LogP contribution in [0, 0.1) is 5.41 Å². The molecule has 0 fully saturated rings. The van der Waals surface area contributed by atoms with Crippen LogP contribution >= 0.6 is 11.3 Å². The maximum Gasteiger partial charge on any atom is 0.296 e. The van der Waals surface area contributed by atoms with Crippen LogP contribution < -0.4 is 14.4 Å². The van der Waals surface area contributed by atoms with Crippen LogP contribution in [0.2, 0.25) is 0 Å². The van der Waals surface area contributed by atoms with E-state index in [4.69, 9.17) is 13.7 Å². The minimum Gasteiger partial charge on any atom is -0.485 e. The molecule has 0 aliphatic carbocycles. The summed E-state index contributed by atoms with van der Waals surface area (Å²) in [5, 5.41) is 0. The van der Waals surface area contributed by atoms with E-state index in [0.29, 0.717) is 19.0 Å². The van der Waals surface area contributed by atoms with Crippen LogP contribution in [0.3, 0.4) is 0 Å². The molecule has 0 amide bonds. The van der Waals surface area contributed by atoms with Gasteiger partial charge in [-0.3, -0.25) is 4.18 Å². The lowest BCUT2D eigenvalue weighted by atomic mass is 9.99. The van der Waals surface area contributed by atoms with Gasteiger partial charge in [0.25, 0.3) is 10.1 Å². The second-order valence-electron chi connectivity index (χ2n) is 9.36. The van der Waals surface area contributed by atoms with E-state index in [2.05, 4.69) is 29.2 Å². The van der Waals surface area contributed by atoms with Gasteiger partial charge in [-0.1, -0.05) is 45.0 Å². The van der Waals surface area contributed by atoms with Gasteiger partial charge >= 0.3 is 0 Å². The summed E-state index contributed by atoms with van der Waals surface area (Å²) in [5.41, 5.74) is 2.79. The van der Waals surface area contributed by atoms with Crippen molar-refractivity contribution in [2.45, 2.75) is 25.7 Å². The molecule has 1 aliphatic rings. The van der Waals surface area contributed by atoms with Gasteiger partial charge in [0.1, 0.15) is 13.2 Å². The molecule has 3 aromatic rings. The Morgan fingerprint density at radius 3 is 1.82 bits per heavy atom. The van der Waals surface area contributed by atoms with Crippen LogP contribution in [0.25, 0.3) is 20.9 Å². The highest BCUT2D eigenvalue weighted by Gasteiger charge is 2.27. The zero-order chi connectivity index (χ0) is 23.8. The summed E-state index contributed by atoms with van der Waals surface area (Å²) in [7, 11) is 0.203. The Hall–Kier alpha value is -2.55. The molecule has 0 saturated carbocycles. The lowest BCUT2D eigenvalue weighted by Gasteiger charge is -2.18. The van der Waals surface area contributed by atoms with Crippen molar-refractivity contribution in [1.82, 2.24) is 0 Å². The summed E-state index contributed by atoms with van der Waals surface area (Å²) < 4.78 is 42.3. The van der Waals surface area contributed by atoms with Crippen LogP contribution in [-0.2, 0) is 14.3 Å². The van der Waals surface area contributed by atoms with Gasteiger partial charge in [-0.25, -0.2) is 0 Å². The van der Waals surface area contributed by atoms with Crippen molar-refractivity contribution in [3.05, 3.63) is 48.5 Å². The van der Waals surface area contributed by atoms with Gasteiger partial charge in [0.15, 0.2) is 11.5 Å². The highest BCUT2D eigenvalue weighted by Crippen LogP contribution is 2.53. The number of thiophene rings is 1. The highest BCUT2D eigenvalue weighted by molar-refractivity contribution is 7.86. The molecule has 176 valence electrons. The van der Waals surface area contributed by atoms with Gasteiger partial charge in [0.05, 0.1) is 21.3 Å². The molecule has 0 spiro atoms. The maximum atomic E-state index is 12.6. The monoisotopic (exact) mass is 487 g/mol. The number of nitrogens with zero attached hydrogens (tertiary/aromatic N) is 1. The average Bonchev–Trinajstić information content (AvgIpc) is 3.17. The first-order chi connectivity index (χ1) is 15.5. The number of anilines is 1. The van der Waals surface area contributed by atoms with E-state index < -0.39 is 10.1 Å². The van der Waals surface area contributed by atoms with Crippen molar-refractivity contribution in [2.75, 3.05) is 38.8 Å². The van der Waals surface area contributed by atoms with E-state index in [1.54, 1.807) is 35.6 Å². The Balaban J connectivity index is 1.67. The number of ether oxygens (including phenoxy) is 2. The molecule has 0 unspecified atom stereocenters. The lowest BCUT2D eigenvalue weighted by molar-refractivity contribution is 0.175. The van der Waals surface area contributed by atoms with Crippen molar-refractivity contribution in [2.24, 2.45) is 5.41 Å². The molecule has 0 N–H and O–H groups in total. The fourth-order valence-corrected chi connectivity index (χ4v) is 5.65. The molecule has 2 aromatic carbocycles. The summed E-state index contributed by atoms with van der Waals surface area (Å²) >= 11 is 1.58. The van der Waals surface area contributed by atoms with E-state index in [0.717, 1.165) is 32.3 Å². The van der Waals surface area contributed by atoms with Gasteiger partial charge < -0.3 is 14.4 Å². The van der Waals surface area contributed by atoms with Gasteiger partial charge in [-0.15, -0.1) is 11.3 Å². The first kappa shape index (κ1) is 23.6. The normalized spacial score (nSPS) is 13.7. The first-order valence-corrected chi connectivity index (χ1v) is 13.0. The topological polar surface area (TPSA) is 65.1 Å². The summed E-state index contributed by atoms with van der Waals surface area (Å²) in [6.07, 6.45) is 0. The van der Waals surface area contributed by atoms with Crippen LogP contribution in [0.1, 0.15) is 20.8 Å². The van der Waals surface area contributed by atoms with Crippen molar-refractivity contribution in [1.29, 1.82) is 0 Å². The molecule has 4 rings (SSSR count). The molecule has 1 aliphatic heterocycles. The van der Waals surface area contributed by atoms with E-state index in [1.807, 2.05) is 34.9 Å². The molecule has 6 nitrogen and oxygen atoms in total. The Morgan fingerprint density at radius 2 is 1.36 bits per heavy atom. The van der Waals surface area contributed by atoms with Gasteiger partial charge in [-0.2, -0.15) is 8.42 Å². The molecular weight excluding hydrogens is 458 g/mol. The van der Waals surface area contributed by atoms with Gasteiger partial charge in [0.2, 0.25) is 0 Å². The minimum absolute atomic E-state index is 0.122. The van der Waals surface area contributed by atoms with Crippen LogP contribution in [0.15, 0.2) is 53.4 Å². The summed E-state index contributed by atoms with van der Waals surface area (Å²) in [4.78, 5) is 4.10. The Morgan fingerprint density at radius 1 is 0.879 bits per heavy atom. The third kappa shape index (κ3) is 5.18. The highest BCUT2D eigenvalue weighted by atomic mass is 32.2. The molecule has 2 heterocycles. The quantitative estimate of drug-likeness (QED) is 0.418. The molecule has 33 heavy (non-hydrogen) atoms. The number of benzene rings is 2. The fraction of sp³-hybridized carbons (Fsp3) is 0.360. The van der Waals surface area contributed by atoms with Crippen molar-refractivity contribution in [3.8, 4) is 32.4 Å². The third-order valence-corrected chi connectivity index (χ3v) is 7.63. The summed E-state index contributed by atoms with van der Waals surface area (Å²) in [6.45, 7) is 6.88. The summed E-state index contributed by atoms with van der Waals surface area (Å²) in [5.74, 6) is 1.45. The molecule has 0 atom stereocenters. The van der Waals surface area contributed by atoms with Crippen LogP contribution in [0.4, 0.5) is 5.69 Å². The fourth-order valence-electron chi connectivity index (χ4n) is 3.34. The van der Waals surface area contributed by atoms with Crippen LogP contribution in [-0.4, -0.2) is 42.3 Å². The zero-order valence-electron chi connectivity index (χ0n) is 19.5. The third-order valence-electron chi connectivity index (χ3n) is 5.10. The van der Waals surface area contributed by atoms with Gasteiger partial charge in [0, 0.05) is 19.8 Å². The van der Waals surface area contributed by atoms with E-state index in [-0.39, 0.29) is 16.9 Å². The SMILES string of the molecule is CN(C)c1ccc(-c2sc(-c3ccc(S(=O)(=O)OCC(C)(C)C)cc3)c3c2OCCO3)cc1. The Kier molecular flexibility index (Phi) is 6.44. The molecule has 0 radical (unpaired) electrons. The molecule has 1 aromatic heterocycles. The Labute approximate surface area is 199 Å². The average molecular weight is 488 g/mol. The number of hydrogen-bond donors (Lipinski definition) is 0. The zero-order valence-corrected chi connectivity index (χ0v) is 21.2. The maximum absolute atomic E-state index is 12.6. The van der Waals surface area contributed by atoms with Crippen LogP contribution in [0.5, 0.6) is 11.5 Å². The van der Waals surface area contributed by atoms with Crippen molar-refractivity contribution < 1.29 is 22.1 Å². The predicted octanol–water partition coefficient (Wildman–Crippen LogP) is 5.67. The van der Waals surface area contributed by atoms with Crippen molar-refractivity contribution in [3.63, 3.8) is 0 Å². The number of fused-ring (bicyclic) bond motifs is 1. The van der Waals surface area contributed by atoms with Crippen molar-refractivity contribution >= 4 is 27.1 Å². The first-order valence-electron chi connectivity index (χ1n) is 10.8. The van der Waals surface area contributed by atoms with E-state index in [1.165, 1.54) is 0 Å². The summed E-state index contributed by atoms with van der Waals surface area (Å²) in [6, 6.07) is 15.0. The molecule has 0 bridgehead atoms. The molecular formula is C25H29NO5S2. The Bertz CT molecular complexity index is 1220. The number of rotatable bonds is 6. The second-order valence-corrected chi connectivity index (χ2v) is 12.0. The smallest absolute Gasteiger partial charge is 0.296 e. The van der Waals surface area contributed by atoms with E-state index in [9.17, 15) is 8.42 Å². The lowest BCUT2D eigenvalue weighted by Crippen LogP contribution is -2.18. The minimum atomic E-state index is -3.82. The second kappa shape index (κ2) is 9.00. The van der Waals surface area contributed by atoms with E-state index >= 15 is 0 Å². The molecule has 8 heteroatoms. The predicted molar refractivity (Wildman–Crippen MR) is 133 cm³/mol. The molecule has 0 saturated heterocycles. The largest absolute Gasteiger partial charge is 0.485 e. The van der Waals surface area contributed by atoms with Gasteiger partial charge in [-0.05, 0) is 40.8 Å². The number of hydrogen-bond acceptors (Lipinski definition) is 7. The standard InChI is InChI=1S/C25H29NO5S2/c1-25(2,3)16-31-33(27,28)20-12-8-18(9-13-20)24-22-21(29-14-15-30-22)23(32-24)17-6-10-19(11-7-17)26(4)5/h6-13H,14-16H2,1-5H3.